The molecule has 0 unspecified atom stereocenters. The summed E-state index contributed by atoms with van der Waals surface area (Å²) in [6, 6.07) is 6.48. The van der Waals surface area contributed by atoms with Gasteiger partial charge in [-0.15, -0.1) is 0 Å². The van der Waals surface area contributed by atoms with E-state index in [1.165, 1.54) is 49.2 Å². The molecule has 1 aromatic rings. The first kappa shape index (κ1) is 13.4. The Kier molecular flexibility index (Phi) is 3.96. The maximum Gasteiger partial charge on any atom is 0.0441 e. The van der Waals surface area contributed by atoms with Gasteiger partial charge < -0.3 is 10.6 Å². The number of nitrogens with two attached hydrogens (primary N) is 1. The fourth-order valence-electron chi connectivity index (χ4n) is 3.29. The Morgan fingerprint density at radius 3 is 2.56 bits per heavy atom. The molecule has 0 amide bonds. The molecule has 0 spiro atoms. The fraction of sp³-hybridized carbons (Fsp3) is 0.625. The van der Waals surface area contributed by atoms with Gasteiger partial charge in [0.1, 0.15) is 0 Å². The molecule has 0 aromatic heterocycles. The highest BCUT2D eigenvalue weighted by molar-refractivity contribution is 5.60. The van der Waals surface area contributed by atoms with Crippen LogP contribution in [0.5, 0.6) is 0 Å². The molecule has 100 valence electrons. The van der Waals surface area contributed by atoms with Gasteiger partial charge >= 0.3 is 0 Å². The zero-order valence-corrected chi connectivity index (χ0v) is 12.0. The summed E-state index contributed by atoms with van der Waals surface area (Å²) in [5.41, 5.74) is 10.5. The van der Waals surface area contributed by atoms with Crippen molar-refractivity contribution in [3.63, 3.8) is 0 Å². The minimum absolute atomic E-state index is 0.522. The minimum Gasteiger partial charge on any atom is -0.370 e. The molecule has 2 heteroatoms. The molecular weight excluding hydrogens is 220 g/mol. The molecule has 1 heterocycles. The van der Waals surface area contributed by atoms with Crippen LogP contribution >= 0.6 is 0 Å². The van der Waals surface area contributed by atoms with Gasteiger partial charge in [-0.05, 0) is 42.7 Å². The van der Waals surface area contributed by atoms with Gasteiger partial charge in [0.2, 0.25) is 0 Å². The maximum atomic E-state index is 5.89. The molecule has 1 aliphatic rings. The lowest BCUT2D eigenvalue weighted by atomic mass is 9.82. The monoisotopic (exact) mass is 246 g/mol. The third-order valence-corrected chi connectivity index (χ3v) is 4.80. The highest BCUT2D eigenvalue weighted by Crippen LogP contribution is 2.40. The summed E-state index contributed by atoms with van der Waals surface area (Å²) in [6.07, 6.45) is 3.88. The Balaban J connectivity index is 2.29. The second kappa shape index (κ2) is 5.31. The highest BCUT2D eigenvalue weighted by atomic mass is 15.2. The molecule has 1 aliphatic heterocycles. The number of anilines is 1. The van der Waals surface area contributed by atoms with Crippen LogP contribution in [0.3, 0.4) is 0 Å². The van der Waals surface area contributed by atoms with E-state index in [1.807, 2.05) is 0 Å². The molecular formula is C16H26N2. The van der Waals surface area contributed by atoms with Crippen LogP contribution in [0.1, 0.15) is 44.2 Å². The van der Waals surface area contributed by atoms with Crippen molar-refractivity contribution in [1.29, 1.82) is 0 Å². The molecule has 0 radical (unpaired) electrons. The van der Waals surface area contributed by atoms with E-state index in [4.69, 9.17) is 5.73 Å². The summed E-state index contributed by atoms with van der Waals surface area (Å²) < 4.78 is 0. The summed E-state index contributed by atoms with van der Waals surface area (Å²) in [7, 11) is 0. The van der Waals surface area contributed by atoms with E-state index in [2.05, 4.69) is 43.9 Å². The van der Waals surface area contributed by atoms with Crippen LogP contribution in [0.15, 0.2) is 18.2 Å². The summed E-state index contributed by atoms with van der Waals surface area (Å²) in [5.74, 6) is 0. The lowest BCUT2D eigenvalue weighted by molar-refractivity contribution is 0.301. The number of aryl methyl sites for hydroxylation is 1. The Bertz CT molecular complexity index is 408. The quantitative estimate of drug-likeness (QED) is 0.881. The third kappa shape index (κ3) is 2.26. The molecule has 0 aliphatic carbocycles. The van der Waals surface area contributed by atoms with Crippen molar-refractivity contribution < 1.29 is 0 Å². The van der Waals surface area contributed by atoms with Crippen molar-refractivity contribution in [1.82, 2.24) is 0 Å². The lowest BCUT2D eigenvalue weighted by Crippen LogP contribution is -2.27. The molecule has 0 saturated carbocycles. The molecule has 18 heavy (non-hydrogen) atoms. The smallest absolute Gasteiger partial charge is 0.0441 e. The van der Waals surface area contributed by atoms with E-state index in [0.29, 0.717) is 12.0 Å². The first-order valence-corrected chi connectivity index (χ1v) is 7.19. The topological polar surface area (TPSA) is 29.3 Å². The van der Waals surface area contributed by atoms with Gasteiger partial charge in [0.05, 0.1) is 0 Å². The van der Waals surface area contributed by atoms with Crippen LogP contribution in [0, 0.1) is 12.3 Å². The van der Waals surface area contributed by atoms with Gasteiger partial charge in [0.15, 0.2) is 0 Å². The van der Waals surface area contributed by atoms with Gasteiger partial charge in [0.25, 0.3) is 0 Å². The van der Waals surface area contributed by atoms with Crippen LogP contribution in [-0.4, -0.2) is 13.1 Å². The van der Waals surface area contributed by atoms with E-state index >= 15 is 0 Å². The van der Waals surface area contributed by atoms with Crippen LogP contribution in [-0.2, 0) is 6.54 Å². The van der Waals surface area contributed by atoms with Crippen molar-refractivity contribution in [3.8, 4) is 0 Å². The van der Waals surface area contributed by atoms with Gasteiger partial charge in [-0.25, -0.2) is 0 Å². The first-order valence-electron chi connectivity index (χ1n) is 7.19. The van der Waals surface area contributed by atoms with Crippen LogP contribution in [0.4, 0.5) is 5.69 Å². The number of para-hydroxylation sites is 1. The van der Waals surface area contributed by atoms with Gasteiger partial charge in [-0.2, -0.15) is 0 Å². The van der Waals surface area contributed by atoms with Crippen molar-refractivity contribution in [2.45, 2.75) is 46.6 Å². The molecule has 0 atom stereocenters. The number of nitrogens with zero attached hydrogens (tertiary/aromatic N) is 1. The van der Waals surface area contributed by atoms with E-state index in [9.17, 15) is 0 Å². The highest BCUT2D eigenvalue weighted by Gasteiger charge is 2.35. The summed E-state index contributed by atoms with van der Waals surface area (Å²) >= 11 is 0. The van der Waals surface area contributed by atoms with Gasteiger partial charge in [-0.1, -0.05) is 32.0 Å². The zero-order chi connectivity index (χ0) is 13.2. The Hall–Kier alpha value is -1.02. The maximum absolute atomic E-state index is 5.89. The van der Waals surface area contributed by atoms with E-state index < -0.39 is 0 Å². The number of hydrogen-bond acceptors (Lipinski definition) is 2. The van der Waals surface area contributed by atoms with Crippen molar-refractivity contribution in [2.75, 3.05) is 18.0 Å². The number of hydrogen-bond donors (Lipinski definition) is 1. The van der Waals surface area contributed by atoms with E-state index in [1.54, 1.807) is 0 Å². The predicted octanol–water partition coefficient (Wildman–Crippen LogP) is 3.47. The first-order chi connectivity index (χ1) is 8.65. The Morgan fingerprint density at radius 1 is 1.28 bits per heavy atom. The Labute approximate surface area is 111 Å². The standard InChI is InChI=1S/C16H26N2/c1-4-16(5-2)9-10-18(12-16)15-13(3)7-6-8-14(15)11-17/h6-8H,4-5,9-12,17H2,1-3H3. The number of rotatable bonds is 4. The molecule has 1 fully saturated rings. The second-order valence-corrected chi connectivity index (χ2v) is 5.67. The summed E-state index contributed by atoms with van der Waals surface area (Å²) in [5, 5.41) is 0. The molecule has 2 rings (SSSR count). The van der Waals surface area contributed by atoms with Crippen LogP contribution in [0.25, 0.3) is 0 Å². The predicted molar refractivity (Wildman–Crippen MR) is 78.9 cm³/mol. The van der Waals surface area contributed by atoms with E-state index in [-0.39, 0.29) is 0 Å². The van der Waals surface area contributed by atoms with Gasteiger partial charge in [0, 0.05) is 25.3 Å². The van der Waals surface area contributed by atoms with E-state index in [0.717, 1.165) is 0 Å². The van der Waals surface area contributed by atoms with Crippen LogP contribution in [0.2, 0.25) is 0 Å². The van der Waals surface area contributed by atoms with Crippen molar-refractivity contribution in [2.24, 2.45) is 11.1 Å². The molecule has 1 saturated heterocycles. The lowest BCUT2D eigenvalue weighted by Gasteiger charge is -2.29. The third-order valence-electron chi connectivity index (χ3n) is 4.80. The summed E-state index contributed by atoms with van der Waals surface area (Å²) in [6.45, 7) is 9.87. The average Bonchev–Trinajstić information content (AvgIpc) is 2.83. The summed E-state index contributed by atoms with van der Waals surface area (Å²) in [4.78, 5) is 2.56. The average molecular weight is 246 g/mol. The number of benzene rings is 1. The normalized spacial score (nSPS) is 18.3. The molecule has 2 nitrogen and oxygen atoms in total. The van der Waals surface area contributed by atoms with Crippen molar-refractivity contribution in [3.05, 3.63) is 29.3 Å². The van der Waals surface area contributed by atoms with Crippen LogP contribution < -0.4 is 10.6 Å². The minimum atomic E-state index is 0.522. The molecule has 2 N–H and O–H groups in total. The SMILES string of the molecule is CCC1(CC)CCN(c2c(C)cccc2CN)C1. The Morgan fingerprint density at radius 2 is 2.00 bits per heavy atom. The largest absolute Gasteiger partial charge is 0.370 e. The van der Waals surface area contributed by atoms with Gasteiger partial charge in [-0.3, -0.25) is 0 Å². The van der Waals surface area contributed by atoms with Crippen molar-refractivity contribution >= 4 is 5.69 Å². The zero-order valence-electron chi connectivity index (χ0n) is 12.0. The second-order valence-electron chi connectivity index (χ2n) is 5.67. The molecule has 0 bridgehead atoms. The fourth-order valence-corrected chi connectivity index (χ4v) is 3.29. The molecule has 1 aromatic carbocycles.